The molecule has 1 saturated heterocycles. The molecule has 180 valence electrons. The Morgan fingerprint density at radius 2 is 1.91 bits per heavy atom. The van der Waals surface area contributed by atoms with Gasteiger partial charge >= 0.3 is 0 Å². The van der Waals surface area contributed by atoms with Crippen LogP contribution in [-0.2, 0) is 11.8 Å². The maximum atomic E-state index is 14.9. The fourth-order valence-electron chi connectivity index (χ4n) is 4.87. The van der Waals surface area contributed by atoms with E-state index in [1.54, 1.807) is 20.0 Å². The Morgan fingerprint density at radius 3 is 2.69 bits per heavy atom. The maximum Gasteiger partial charge on any atom is 0.263 e. The zero-order chi connectivity index (χ0) is 24.3. The number of aryl methyl sites for hydroxylation is 1. The molecule has 1 aliphatic heterocycles. The SMILES string of the molecule is Cc1nc2nc([C@H]3CCO[C@H](c4cnn(C5CC5)c4)C3)cc(-c3ccc(F)cc3F)c2c(=O)n1C. The molecular formula is C26H25F2N5O2. The van der Waals surface area contributed by atoms with Gasteiger partial charge in [0.2, 0.25) is 0 Å². The first-order chi connectivity index (χ1) is 16.9. The number of rotatable bonds is 4. The lowest BCUT2D eigenvalue weighted by Crippen LogP contribution is -2.23. The minimum atomic E-state index is -0.733. The monoisotopic (exact) mass is 477 g/mol. The fourth-order valence-corrected chi connectivity index (χ4v) is 4.87. The highest BCUT2D eigenvalue weighted by Gasteiger charge is 2.30. The van der Waals surface area contributed by atoms with E-state index in [0.717, 1.165) is 36.6 Å². The van der Waals surface area contributed by atoms with Gasteiger partial charge in [-0.25, -0.2) is 18.7 Å². The first kappa shape index (κ1) is 22.0. The first-order valence-electron chi connectivity index (χ1n) is 11.9. The van der Waals surface area contributed by atoms with Gasteiger partial charge < -0.3 is 4.74 Å². The Labute approximate surface area is 200 Å². The van der Waals surface area contributed by atoms with Crippen LogP contribution in [0.1, 0.15) is 60.8 Å². The molecule has 4 heterocycles. The molecule has 1 aromatic carbocycles. The molecule has 2 fully saturated rings. The van der Waals surface area contributed by atoms with Crippen molar-refractivity contribution in [2.24, 2.45) is 7.05 Å². The van der Waals surface area contributed by atoms with Crippen LogP contribution in [0.2, 0.25) is 0 Å². The second kappa shape index (κ2) is 8.34. The Hall–Kier alpha value is -3.46. The summed E-state index contributed by atoms with van der Waals surface area (Å²) in [5.41, 5.74) is 2.24. The third-order valence-corrected chi connectivity index (χ3v) is 7.13. The topological polar surface area (TPSA) is 74.8 Å². The van der Waals surface area contributed by atoms with Gasteiger partial charge in [0.05, 0.1) is 23.7 Å². The number of ether oxygens (including phenoxy) is 1. The van der Waals surface area contributed by atoms with Crippen LogP contribution in [0.15, 0.2) is 41.5 Å². The van der Waals surface area contributed by atoms with Crippen molar-refractivity contribution in [3.8, 4) is 11.1 Å². The summed E-state index contributed by atoms with van der Waals surface area (Å²) in [7, 11) is 1.62. The quantitative estimate of drug-likeness (QED) is 0.424. The summed E-state index contributed by atoms with van der Waals surface area (Å²) < 4.78 is 38.0. The number of aromatic nitrogens is 5. The van der Waals surface area contributed by atoms with Gasteiger partial charge in [0.25, 0.3) is 5.56 Å². The van der Waals surface area contributed by atoms with Crippen molar-refractivity contribution in [3.05, 3.63) is 75.7 Å². The van der Waals surface area contributed by atoms with Gasteiger partial charge in [0.15, 0.2) is 5.65 Å². The molecule has 0 spiro atoms. The molecule has 2 aliphatic rings. The van der Waals surface area contributed by atoms with E-state index in [4.69, 9.17) is 9.72 Å². The highest BCUT2D eigenvalue weighted by molar-refractivity contribution is 5.92. The molecular weight excluding hydrogens is 452 g/mol. The molecule has 0 bridgehead atoms. The van der Waals surface area contributed by atoms with Crippen molar-refractivity contribution in [1.82, 2.24) is 24.3 Å². The van der Waals surface area contributed by atoms with Crippen LogP contribution in [0.5, 0.6) is 0 Å². The van der Waals surface area contributed by atoms with Crippen LogP contribution in [0.4, 0.5) is 8.78 Å². The van der Waals surface area contributed by atoms with Crippen LogP contribution in [-0.4, -0.2) is 30.9 Å². The average molecular weight is 478 g/mol. The molecule has 0 amide bonds. The van der Waals surface area contributed by atoms with Gasteiger partial charge in [-0.05, 0) is 50.8 Å². The fraction of sp³-hybridized carbons (Fsp3) is 0.385. The molecule has 0 radical (unpaired) electrons. The smallest absolute Gasteiger partial charge is 0.263 e. The van der Waals surface area contributed by atoms with Crippen molar-refractivity contribution in [1.29, 1.82) is 0 Å². The third kappa shape index (κ3) is 3.93. The van der Waals surface area contributed by atoms with E-state index in [1.165, 1.54) is 16.7 Å². The van der Waals surface area contributed by atoms with Crippen molar-refractivity contribution < 1.29 is 13.5 Å². The molecule has 0 N–H and O–H groups in total. The van der Waals surface area contributed by atoms with E-state index in [9.17, 15) is 13.6 Å². The maximum absolute atomic E-state index is 14.9. The highest BCUT2D eigenvalue weighted by Crippen LogP contribution is 2.40. The standard InChI is InChI=1S/C26H25F2N5O2/c1-14-30-25-24(26(34)32(14)2)20(19-6-3-17(27)10-21(19)28)11-22(31-25)15-7-8-35-23(9-15)16-12-29-33(13-16)18-4-5-18/h3,6,10-13,15,18,23H,4-5,7-9H2,1-2H3/t15-,23-/m0/s1. The van der Waals surface area contributed by atoms with E-state index in [1.807, 2.05) is 10.9 Å². The number of benzene rings is 1. The van der Waals surface area contributed by atoms with E-state index < -0.39 is 11.6 Å². The third-order valence-electron chi connectivity index (χ3n) is 7.13. The summed E-state index contributed by atoms with van der Waals surface area (Å²) >= 11 is 0. The number of pyridine rings is 1. The van der Waals surface area contributed by atoms with Gasteiger partial charge in [-0.15, -0.1) is 0 Å². The van der Waals surface area contributed by atoms with Gasteiger partial charge in [0, 0.05) is 54.2 Å². The summed E-state index contributed by atoms with van der Waals surface area (Å²) in [6.45, 7) is 2.28. The molecule has 4 aromatic rings. The van der Waals surface area contributed by atoms with Crippen LogP contribution in [0, 0.1) is 18.6 Å². The molecule has 2 atom stereocenters. The minimum Gasteiger partial charge on any atom is -0.373 e. The molecule has 35 heavy (non-hydrogen) atoms. The van der Waals surface area contributed by atoms with Crippen LogP contribution >= 0.6 is 0 Å². The van der Waals surface area contributed by atoms with E-state index in [0.29, 0.717) is 30.5 Å². The minimum absolute atomic E-state index is 0.0239. The molecule has 7 nitrogen and oxygen atoms in total. The number of fused-ring (bicyclic) bond motifs is 1. The van der Waals surface area contributed by atoms with E-state index in [2.05, 4.69) is 16.3 Å². The number of halogens is 2. The normalized spacial score (nSPS) is 20.5. The Bertz CT molecular complexity index is 1510. The molecule has 6 rings (SSSR count). The first-order valence-corrected chi connectivity index (χ1v) is 11.9. The predicted octanol–water partition coefficient (Wildman–Crippen LogP) is 4.75. The lowest BCUT2D eigenvalue weighted by Gasteiger charge is -2.29. The van der Waals surface area contributed by atoms with Gasteiger partial charge in [0.1, 0.15) is 17.5 Å². The molecule has 1 aliphatic carbocycles. The second-order valence-electron chi connectivity index (χ2n) is 9.51. The zero-order valence-corrected chi connectivity index (χ0v) is 19.5. The van der Waals surface area contributed by atoms with E-state index >= 15 is 0 Å². The van der Waals surface area contributed by atoms with Crippen molar-refractivity contribution in [2.45, 2.75) is 50.7 Å². The average Bonchev–Trinajstić information content (AvgIpc) is 3.58. The Kier molecular flexibility index (Phi) is 5.25. The summed E-state index contributed by atoms with van der Waals surface area (Å²) in [5.74, 6) is -0.875. The highest BCUT2D eigenvalue weighted by atomic mass is 19.1. The van der Waals surface area contributed by atoms with E-state index in [-0.39, 0.29) is 34.2 Å². The number of nitrogens with zero attached hydrogens (tertiary/aromatic N) is 5. The van der Waals surface area contributed by atoms with Crippen molar-refractivity contribution in [3.63, 3.8) is 0 Å². The van der Waals surface area contributed by atoms with Crippen LogP contribution in [0.3, 0.4) is 0 Å². The summed E-state index contributed by atoms with van der Waals surface area (Å²) in [4.78, 5) is 22.5. The Balaban J connectivity index is 1.45. The molecule has 1 saturated carbocycles. The lowest BCUT2D eigenvalue weighted by atomic mass is 9.88. The number of hydrogen-bond acceptors (Lipinski definition) is 5. The second-order valence-corrected chi connectivity index (χ2v) is 9.51. The molecule has 3 aromatic heterocycles. The van der Waals surface area contributed by atoms with Crippen molar-refractivity contribution >= 4 is 11.0 Å². The predicted molar refractivity (Wildman–Crippen MR) is 126 cm³/mol. The Morgan fingerprint density at radius 1 is 1.09 bits per heavy atom. The summed E-state index contributed by atoms with van der Waals surface area (Å²) in [5, 5.41) is 4.72. The van der Waals surface area contributed by atoms with Crippen LogP contribution in [0.25, 0.3) is 22.2 Å². The largest absolute Gasteiger partial charge is 0.373 e. The van der Waals surface area contributed by atoms with Crippen LogP contribution < -0.4 is 5.56 Å². The van der Waals surface area contributed by atoms with Gasteiger partial charge in [-0.3, -0.25) is 14.0 Å². The van der Waals surface area contributed by atoms with Crippen molar-refractivity contribution in [2.75, 3.05) is 6.61 Å². The summed E-state index contributed by atoms with van der Waals surface area (Å²) in [6, 6.07) is 5.64. The molecule has 0 unspecified atom stereocenters. The molecule has 9 heteroatoms. The number of hydrogen-bond donors (Lipinski definition) is 0. The van der Waals surface area contributed by atoms with Gasteiger partial charge in [-0.2, -0.15) is 5.10 Å². The summed E-state index contributed by atoms with van der Waals surface area (Å²) in [6.07, 6.45) is 7.54. The lowest BCUT2D eigenvalue weighted by molar-refractivity contribution is 0.00463. The zero-order valence-electron chi connectivity index (χ0n) is 19.5. The van der Waals surface area contributed by atoms with Gasteiger partial charge in [-0.1, -0.05) is 0 Å².